The second-order valence-corrected chi connectivity index (χ2v) is 6.68. The molecule has 0 amide bonds. The van der Waals surface area contributed by atoms with Crippen molar-refractivity contribution in [3.8, 4) is 0 Å². The van der Waals surface area contributed by atoms with E-state index in [2.05, 4.69) is 25.7 Å². The van der Waals surface area contributed by atoms with Crippen LogP contribution in [0.2, 0.25) is 0 Å². The van der Waals surface area contributed by atoms with Crippen molar-refractivity contribution in [3.05, 3.63) is 30.1 Å². The van der Waals surface area contributed by atoms with Crippen molar-refractivity contribution in [1.29, 1.82) is 0 Å². The fourth-order valence-electron chi connectivity index (χ4n) is 3.36. The Labute approximate surface area is 122 Å². The Morgan fingerprint density at radius 2 is 1.95 bits per heavy atom. The number of benzene rings is 1. The van der Waals surface area contributed by atoms with E-state index in [1.807, 2.05) is 12.1 Å². The van der Waals surface area contributed by atoms with Crippen LogP contribution in [0.25, 0.3) is 0 Å². The molecule has 1 fully saturated rings. The van der Waals surface area contributed by atoms with Crippen LogP contribution < -0.4 is 10.6 Å². The molecule has 0 bridgehead atoms. The third-order valence-corrected chi connectivity index (χ3v) is 4.83. The van der Waals surface area contributed by atoms with Crippen LogP contribution in [0.4, 0.5) is 10.1 Å². The topological polar surface area (TPSA) is 29.3 Å². The monoisotopic (exact) mass is 278 g/mol. The summed E-state index contributed by atoms with van der Waals surface area (Å²) in [6, 6.07) is 7.02. The molecule has 20 heavy (non-hydrogen) atoms. The largest absolute Gasteiger partial charge is 0.371 e. The van der Waals surface area contributed by atoms with Gasteiger partial charge in [0.05, 0.1) is 0 Å². The van der Waals surface area contributed by atoms with E-state index >= 15 is 0 Å². The van der Waals surface area contributed by atoms with Crippen LogP contribution in [0.15, 0.2) is 24.3 Å². The number of halogens is 1. The molecule has 3 heteroatoms. The summed E-state index contributed by atoms with van der Waals surface area (Å²) < 4.78 is 13.0. The maximum absolute atomic E-state index is 13.0. The zero-order chi connectivity index (χ0) is 14.8. The Bertz CT molecular complexity index is 427. The van der Waals surface area contributed by atoms with E-state index in [9.17, 15) is 4.39 Å². The van der Waals surface area contributed by atoms with Gasteiger partial charge in [0.2, 0.25) is 0 Å². The normalized spacial score (nSPS) is 25.4. The predicted molar refractivity (Wildman–Crippen MR) is 83.4 cm³/mol. The molecule has 0 heterocycles. The van der Waals surface area contributed by atoms with Crippen LogP contribution >= 0.6 is 0 Å². The van der Waals surface area contributed by atoms with E-state index in [-0.39, 0.29) is 17.3 Å². The zero-order valence-corrected chi connectivity index (χ0v) is 12.9. The Kier molecular flexibility index (Phi) is 4.69. The van der Waals surface area contributed by atoms with Crippen molar-refractivity contribution < 1.29 is 4.39 Å². The maximum atomic E-state index is 13.0. The van der Waals surface area contributed by atoms with Gasteiger partial charge in [0.15, 0.2) is 0 Å². The summed E-state index contributed by atoms with van der Waals surface area (Å²) in [5.41, 5.74) is 7.79. The van der Waals surface area contributed by atoms with E-state index in [4.69, 9.17) is 5.73 Å². The summed E-state index contributed by atoms with van der Waals surface area (Å²) in [6.45, 7) is 8.58. The minimum Gasteiger partial charge on any atom is -0.371 e. The van der Waals surface area contributed by atoms with Gasteiger partial charge in [0.25, 0.3) is 0 Å². The number of rotatable bonds is 4. The van der Waals surface area contributed by atoms with E-state index < -0.39 is 0 Å². The fraction of sp³-hybridized carbons (Fsp3) is 0.647. The average Bonchev–Trinajstić information content (AvgIpc) is 2.42. The molecule has 0 aromatic heterocycles. The fourth-order valence-corrected chi connectivity index (χ4v) is 3.36. The molecule has 112 valence electrons. The lowest BCUT2D eigenvalue weighted by atomic mass is 9.68. The van der Waals surface area contributed by atoms with Crippen LogP contribution in [0, 0.1) is 17.2 Å². The second kappa shape index (κ2) is 6.13. The number of anilines is 1. The SMILES string of the molecule is CCN(CC1CCCC(C)(C)C1N)c1ccc(F)cc1. The summed E-state index contributed by atoms with van der Waals surface area (Å²) in [5.74, 6) is 0.337. The molecular formula is C17H27FN2. The first-order valence-electron chi connectivity index (χ1n) is 7.70. The maximum Gasteiger partial charge on any atom is 0.123 e. The third kappa shape index (κ3) is 3.32. The predicted octanol–water partition coefficient (Wildman–Crippen LogP) is 3.81. The highest BCUT2D eigenvalue weighted by Crippen LogP contribution is 2.38. The highest BCUT2D eigenvalue weighted by atomic mass is 19.1. The van der Waals surface area contributed by atoms with Gasteiger partial charge in [-0.3, -0.25) is 0 Å². The van der Waals surface area contributed by atoms with Gasteiger partial charge in [-0.2, -0.15) is 0 Å². The molecule has 1 aromatic rings. The van der Waals surface area contributed by atoms with Gasteiger partial charge in [0.1, 0.15) is 5.82 Å². The number of hydrogen-bond acceptors (Lipinski definition) is 2. The molecule has 0 saturated heterocycles. The molecule has 2 atom stereocenters. The van der Waals surface area contributed by atoms with Gasteiger partial charge in [-0.1, -0.05) is 20.3 Å². The van der Waals surface area contributed by atoms with Gasteiger partial charge in [-0.05, 0) is 55.4 Å². The summed E-state index contributed by atoms with van der Waals surface area (Å²) in [5, 5.41) is 0. The first-order valence-corrected chi connectivity index (χ1v) is 7.70. The van der Waals surface area contributed by atoms with Gasteiger partial charge < -0.3 is 10.6 Å². The molecule has 1 saturated carbocycles. The highest BCUT2D eigenvalue weighted by Gasteiger charge is 2.36. The molecule has 0 spiro atoms. The van der Waals surface area contributed by atoms with Crippen molar-refractivity contribution in [1.82, 2.24) is 0 Å². The summed E-state index contributed by atoms with van der Waals surface area (Å²) in [7, 11) is 0. The highest BCUT2D eigenvalue weighted by molar-refractivity contribution is 5.46. The van der Waals surface area contributed by atoms with Crippen molar-refractivity contribution in [2.45, 2.75) is 46.1 Å². The van der Waals surface area contributed by atoms with Crippen molar-refractivity contribution in [2.24, 2.45) is 17.1 Å². The quantitative estimate of drug-likeness (QED) is 0.907. The lowest BCUT2D eigenvalue weighted by Gasteiger charge is -2.43. The van der Waals surface area contributed by atoms with Gasteiger partial charge in [0, 0.05) is 24.8 Å². The first-order chi connectivity index (χ1) is 9.44. The Hall–Kier alpha value is -1.09. The van der Waals surface area contributed by atoms with Gasteiger partial charge in [-0.15, -0.1) is 0 Å². The van der Waals surface area contributed by atoms with E-state index in [1.54, 1.807) is 0 Å². The number of nitrogens with zero attached hydrogens (tertiary/aromatic N) is 1. The Balaban J connectivity index is 2.08. The summed E-state index contributed by atoms with van der Waals surface area (Å²) in [4.78, 5) is 2.31. The average molecular weight is 278 g/mol. The Morgan fingerprint density at radius 1 is 1.30 bits per heavy atom. The first kappa shape index (κ1) is 15.3. The molecule has 2 unspecified atom stereocenters. The molecule has 2 N–H and O–H groups in total. The molecule has 0 radical (unpaired) electrons. The minimum atomic E-state index is -0.180. The smallest absolute Gasteiger partial charge is 0.123 e. The molecule has 1 aliphatic rings. The van der Waals surface area contributed by atoms with Crippen LogP contribution in [0.5, 0.6) is 0 Å². The van der Waals surface area contributed by atoms with Crippen LogP contribution in [0.1, 0.15) is 40.0 Å². The van der Waals surface area contributed by atoms with E-state index in [1.165, 1.54) is 31.4 Å². The second-order valence-electron chi connectivity index (χ2n) is 6.68. The van der Waals surface area contributed by atoms with E-state index in [0.717, 1.165) is 18.8 Å². The molecule has 0 aliphatic heterocycles. The van der Waals surface area contributed by atoms with Crippen LogP contribution in [-0.2, 0) is 0 Å². The molecule has 2 rings (SSSR count). The standard InChI is InChI=1S/C17H27FN2/c1-4-20(15-9-7-14(18)8-10-15)12-13-6-5-11-17(2,3)16(13)19/h7-10,13,16H,4-6,11-12,19H2,1-3H3. The molecule has 1 aliphatic carbocycles. The summed E-state index contributed by atoms with van der Waals surface area (Å²) >= 11 is 0. The lowest BCUT2D eigenvalue weighted by Crippen LogP contribution is -2.50. The third-order valence-electron chi connectivity index (χ3n) is 4.83. The minimum absolute atomic E-state index is 0.180. The van der Waals surface area contributed by atoms with Crippen molar-refractivity contribution >= 4 is 5.69 Å². The molecule has 1 aromatic carbocycles. The molecular weight excluding hydrogens is 251 g/mol. The number of hydrogen-bond donors (Lipinski definition) is 1. The van der Waals surface area contributed by atoms with Crippen LogP contribution in [0.3, 0.4) is 0 Å². The van der Waals surface area contributed by atoms with Crippen molar-refractivity contribution in [2.75, 3.05) is 18.0 Å². The Morgan fingerprint density at radius 3 is 2.55 bits per heavy atom. The summed E-state index contributed by atoms with van der Waals surface area (Å²) in [6.07, 6.45) is 3.67. The van der Waals surface area contributed by atoms with Gasteiger partial charge in [-0.25, -0.2) is 4.39 Å². The molecule has 2 nitrogen and oxygen atoms in total. The number of nitrogens with two attached hydrogens (primary N) is 1. The lowest BCUT2D eigenvalue weighted by molar-refractivity contribution is 0.142. The van der Waals surface area contributed by atoms with Crippen molar-refractivity contribution in [3.63, 3.8) is 0 Å². The van der Waals surface area contributed by atoms with E-state index in [0.29, 0.717) is 5.92 Å². The van der Waals surface area contributed by atoms with Gasteiger partial charge >= 0.3 is 0 Å². The van der Waals surface area contributed by atoms with Crippen LogP contribution in [-0.4, -0.2) is 19.1 Å². The zero-order valence-electron chi connectivity index (χ0n) is 12.9.